The van der Waals surface area contributed by atoms with Crippen molar-refractivity contribution in [3.63, 3.8) is 0 Å². The molecule has 0 aromatic heterocycles. The average molecular weight is 193 g/mol. The lowest BCUT2D eigenvalue weighted by molar-refractivity contribution is 0.0851. The summed E-state index contributed by atoms with van der Waals surface area (Å²) in [5, 5.41) is 0. The van der Waals surface area contributed by atoms with Crippen LogP contribution in [0.2, 0.25) is 0 Å². The molecule has 5 fully saturated rings. The normalized spacial score (nSPS) is 65.4. The molecule has 0 aromatic rings. The van der Waals surface area contributed by atoms with Crippen LogP contribution in [0.15, 0.2) is 0 Å². The highest BCUT2D eigenvalue weighted by Crippen LogP contribution is 2.77. The number of hydrogen-bond donors (Lipinski definition) is 1. The van der Waals surface area contributed by atoms with E-state index in [1.54, 1.807) is 0 Å². The first kappa shape index (κ1) is 7.22. The second kappa shape index (κ2) is 1.81. The third-order valence-electron chi connectivity index (χ3n) is 5.44. The van der Waals surface area contributed by atoms with Crippen LogP contribution in [0, 0.1) is 35.0 Å². The fourth-order valence-corrected chi connectivity index (χ4v) is 5.43. The molecule has 5 rings (SSSR count). The van der Waals surface area contributed by atoms with Crippen molar-refractivity contribution in [1.82, 2.24) is 0 Å². The number of nitrogens with two attached hydrogens (primary N) is 1. The molecule has 5 saturated carbocycles. The van der Waals surface area contributed by atoms with Crippen molar-refractivity contribution in [2.45, 2.75) is 25.7 Å². The molecule has 5 aliphatic carbocycles. The van der Waals surface area contributed by atoms with E-state index in [1.165, 1.54) is 25.7 Å². The summed E-state index contributed by atoms with van der Waals surface area (Å²) in [6, 6.07) is 0. The Morgan fingerprint density at radius 2 is 1.77 bits per heavy atom. The van der Waals surface area contributed by atoms with Crippen molar-refractivity contribution >= 4 is 17.2 Å². The minimum Gasteiger partial charge on any atom is -0.393 e. The highest BCUT2D eigenvalue weighted by atomic mass is 32.1. The zero-order valence-electron chi connectivity index (χ0n) is 7.70. The zero-order valence-corrected chi connectivity index (χ0v) is 8.52. The van der Waals surface area contributed by atoms with Crippen LogP contribution in [0.5, 0.6) is 0 Å². The Morgan fingerprint density at radius 1 is 1.15 bits per heavy atom. The van der Waals surface area contributed by atoms with Crippen molar-refractivity contribution < 1.29 is 0 Å². The Hall–Kier alpha value is -0.110. The molecular weight excluding hydrogens is 178 g/mol. The largest absolute Gasteiger partial charge is 0.393 e. The summed E-state index contributed by atoms with van der Waals surface area (Å²) >= 11 is 5.27. The second-order valence-corrected chi connectivity index (χ2v) is 6.27. The third-order valence-corrected chi connectivity index (χ3v) is 5.87. The van der Waals surface area contributed by atoms with Gasteiger partial charge >= 0.3 is 0 Å². The lowest BCUT2D eigenvalue weighted by atomic mass is 9.58. The highest BCUT2D eigenvalue weighted by Gasteiger charge is 2.72. The summed E-state index contributed by atoms with van der Waals surface area (Å²) in [7, 11) is 0. The average Bonchev–Trinajstić information content (AvgIpc) is 2.71. The summed E-state index contributed by atoms with van der Waals surface area (Å²) in [5.41, 5.74) is 6.26. The van der Waals surface area contributed by atoms with Gasteiger partial charge in [0.2, 0.25) is 0 Å². The van der Waals surface area contributed by atoms with Crippen LogP contribution in [0.4, 0.5) is 0 Å². The standard InChI is InChI=1S/C11H15NS/c12-10(13)11-2-5-1-6(3-11)9-7(4-11)8(5)9/h5-9H,1-4H2,(H2,12,13)/t5-,6+,7?,8-,9+,11?. The van der Waals surface area contributed by atoms with E-state index in [2.05, 4.69) is 0 Å². The van der Waals surface area contributed by atoms with Gasteiger partial charge in [0.05, 0.1) is 4.99 Å². The van der Waals surface area contributed by atoms with E-state index in [0.29, 0.717) is 5.41 Å². The van der Waals surface area contributed by atoms with Gasteiger partial charge in [0.15, 0.2) is 0 Å². The summed E-state index contributed by atoms with van der Waals surface area (Å²) in [6.45, 7) is 0. The van der Waals surface area contributed by atoms with E-state index >= 15 is 0 Å². The van der Waals surface area contributed by atoms with Gasteiger partial charge in [-0.1, -0.05) is 12.2 Å². The molecule has 0 saturated heterocycles. The van der Waals surface area contributed by atoms with Gasteiger partial charge in [0.1, 0.15) is 0 Å². The summed E-state index contributed by atoms with van der Waals surface area (Å²) < 4.78 is 0. The Balaban J connectivity index is 1.81. The van der Waals surface area contributed by atoms with E-state index in [1.807, 2.05) is 0 Å². The molecule has 5 aliphatic rings. The number of rotatable bonds is 1. The zero-order chi connectivity index (χ0) is 8.79. The molecule has 2 unspecified atom stereocenters. The summed E-state index contributed by atoms with van der Waals surface area (Å²) in [6.07, 6.45) is 5.55. The Labute approximate surface area is 84.1 Å². The van der Waals surface area contributed by atoms with Crippen molar-refractivity contribution in [2.75, 3.05) is 0 Å². The predicted molar refractivity (Wildman–Crippen MR) is 55.1 cm³/mol. The number of thiocarbonyl (C=S) groups is 1. The Morgan fingerprint density at radius 3 is 2.23 bits per heavy atom. The predicted octanol–water partition coefficient (Wildman–Crippen LogP) is 1.95. The third kappa shape index (κ3) is 0.632. The topological polar surface area (TPSA) is 26.0 Å². The summed E-state index contributed by atoms with van der Waals surface area (Å²) in [5.74, 6) is 5.32. The van der Waals surface area contributed by atoms with E-state index in [0.717, 1.165) is 34.6 Å². The molecule has 6 atom stereocenters. The molecule has 0 spiro atoms. The second-order valence-electron chi connectivity index (χ2n) is 5.83. The minimum atomic E-state index is 0.330. The van der Waals surface area contributed by atoms with Crippen molar-refractivity contribution in [2.24, 2.45) is 40.7 Å². The van der Waals surface area contributed by atoms with E-state index in [-0.39, 0.29) is 0 Å². The van der Waals surface area contributed by atoms with Crippen LogP contribution in [-0.4, -0.2) is 4.99 Å². The maximum absolute atomic E-state index is 5.93. The van der Waals surface area contributed by atoms with Crippen LogP contribution >= 0.6 is 12.2 Å². The fraction of sp³-hybridized carbons (Fsp3) is 0.909. The monoisotopic (exact) mass is 193 g/mol. The van der Waals surface area contributed by atoms with Gasteiger partial charge in [0.25, 0.3) is 0 Å². The van der Waals surface area contributed by atoms with Crippen molar-refractivity contribution in [3.8, 4) is 0 Å². The van der Waals surface area contributed by atoms with E-state index in [9.17, 15) is 0 Å². The van der Waals surface area contributed by atoms with Gasteiger partial charge in [0, 0.05) is 5.41 Å². The molecule has 4 bridgehead atoms. The molecule has 1 nitrogen and oxygen atoms in total. The van der Waals surface area contributed by atoms with Gasteiger partial charge in [-0.05, 0) is 55.3 Å². The molecule has 2 heteroatoms. The lowest BCUT2D eigenvalue weighted by Crippen LogP contribution is -2.46. The summed E-state index contributed by atoms with van der Waals surface area (Å²) in [4.78, 5) is 0.839. The molecule has 0 aliphatic heterocycles. The number of hydrogen-bond acceptors (Lipinski definition) is 1. The van der Waals surface area contributed by atoms with Crippen molar-refractivity contribution in [1.29, 1.82) is 0 Å². The molecule has 2 N–H and O–H groups in total. The molecular formula is C11H15NS. The molecule has 0 heterocycles. The minimum absolute atomic E-state index is 0.330. The van der Waals surface area contributed by atoms with Crippen LogP contribution < -0.4 is 5.73 Å². The smallest absolute Gasteiger partial charge is 0.0790 e. The highest BCUT2D eigenvalue weighted by molar-refractivity contribution is 7.80. The van der Waals surface area contributed by atoms with Crippen LogP contribution in [-0.2, 0) is 0 Å². The Bertz CT molecular complexity index is 293. The van der Waals surface area contributed by atoms with Gasteiger partial charge in [-0.3, -0.25) is 0 Å². The first-order chi connectivity index (χ1) is 6.21. The quantitative estimate of drug-likeness (QED) is 0.644. The molecule has 13 heavy (non-hydrogen) atoms. The van der Waals surface area contributed by atoms with Gasteiger partial charge in [-0.2, -0.15) is 0 Å². The first-order valence-corrected chi connectivity index (χ1v) is 5.92. The van der Waals surface area contributed by atoms with Gasteiger partial charge < -0.3 is 5.73 Å². The van der Waals surface area contributed by atoms with E-state index < -0.39 is 0 Å². The van der Waals surface area contributed by atoms with Crippen molar-refractivity contribution in [3.05, 3.63) is 0 Å². The molecule has 0 aromatic carbocycles. The maximum Gasteiger partial charge on any atom is 0.0790 e. The molecule has 0 radical (unpaired) electrons. The van der Waals surface area contributed by atoms with E-state index in [4.69, 9.17) is 18.0 Å². The SMILES string of the molecule is NC(=S)C12CC3[C@@H]4[C@@H](C[C@H](C1)[C@H]34)C2. The van der Waals surface area contributed by atoms with Gasteiger partial charge in [-0.25, -0.2) is 0 Å². The van der Waals surface area contributed by atoms with Gasteiger partial charge in [-0.15, -0.1) is 0 Å². The van der Waals surface area contributed by atoms with Crippen LogP contribution in [0.25, 0.3) is 0 Å². The Kier molecular flexibility index (Phi) is 1.01. The molecule has 0 amide bonds. The molecule has 70 valence electrons. The van der Waals surface area contributed by atoms with Crippen LogP contribution in [0.1, 0.15) is 25.7 Å². The fourth-order valence-electron chi connectivity index (χ4n) is 5.18. The lowest BCUT2D eigenvalue weighted by Gasteiger charge is -2.47. The first-order valence-electron chi connectivity index (χ1n) is 5.51. The maximum atomic E-state index is 5.93. The van der Waals surface area contributed by atoms with Crippen LogP contribution in [0.3, 0.4) is 0 Å².